The van der Waals surface area contributed by atoms with Crippen molar-refractivity contribution in [3.8, 4) is 22.3 Å². The van der Waals surface area contributed by atoms with Crippen molar-refractivity contribution < 1.29 is 44.8 Å². The molecular weight excluding hydrogens is 778 g/mol. The maximum atomic E-state index is 2.67. The molecule has 0 saturated carbocycles. The summed E-state index contributed by atoms with van der Waals surface area (Å²) in [5, 5.41) is 0. The summed E-state index contributed by atoms with van der Waals surface area (Å²) in [5.74, 6) is 1.12. The van der Waals surface area contributed by atoms with Crippen molar-refractivity contribution in [2.75, 3.05) is 0 Å². The summed E-state index contributed by atoms with van der Waals surface area (Å²) in [5.41, 5.74) is 18.4. The number of allylic oxidation sites excluding steroid dienone is 2. The molecule has 0 amide bonds. The van der Waals surface area contributed by atoms with Gasteiger partial charge < -0.3 is 24.8 Å². The Morgan fingerprint density at radius 1 is 0.553 bits per heavy atom. The van der Waals surface area contributed by atoms with Crippen LogP contribution in [0.2, 0.25) is 8.35 Å². The average Bonchev–Trinajstić information content (AvgIpc) is 3.60. The molecule has 244 valence electrons. The van der Waals surface area contributed by atoms with Crippen LogP contribution in [0.3, 0.4) is 0 Å². The largest absolute Gasteiger partial charge is 1.00 e. The van der Waals surface area contributed by atoms with Gasteiger partial charge in [-0.2, -0.15) is 0 Å². The van der Waals surface area contributed by atoms with Crippen molar-refractivity contribution in [3.63, 3.8) is 0 Å². The molecule has 2 atom stereocenters. The Labute approximate surface area is 301 Å². The Kier molecular flexibility index (Phi) is 11.3. The first-order valence-electron chi connectivity index (χ1n) is 17.7. The molecule has 4 aromatic rings. The second-order valence-corrected chi connectivity index (χ2v) is 31.3. The molecule has 47 heavy (non-hydrogen) atoms. The van der Waals surface area contributed by atoms with Crippen molar-refractivity contribution in [2.45, 2.75) is 94.8 Å². The molecule has 7 rings (SSSR count). The molecule has 3 aliphatic rings. The summed E-state index contributed by atoms with van der Waals surface area (Å²) in [6, 6.07) is 33.4. The number of halogens is 2. The quantitative estimate of drug-likeness (QED) is 0.146. The van der Waals surface area contributed by atoms with Crippen molar-refractivity contribution in [1.82, 2.24) is 0 Å². The van der Waals surface area contributed by atoms with Crippen LogP contribution in [0.5, 0.6) is 0 Å². The standard InChI is InChI=1S/2C21H23.C2H4.2ClH.Hf/c2*1-4-6-16-13-19-7-5-8-20(21(19)14-16)18-11-9-17(10-12-18)15(2)3;1-2;;;/h2*5,7-15H,4,6H2,1-3H3;1-2H2;2*1H;/q;;;;;+2/p-2. The van der Waals surface area contributed by atoms with Crippen LogP contribution in [-0.2, 0) is 20.0 Å². The topological polar surface area (TPSA) is 0 Å². The second kappa shape index (κ2) is 14.7. The van der Waals surface area contributed by atoms with Crippen LogP contribution in [-0.4, -0.2) is 0 Å². The third-order valence-electron chi connectivity index (χ3n) is 11.1. The summed E-state index contributed by atoms with van der Waals surface area (Å²) >= 11 is -2.91. The maximum absolute atomic E-state index is 2.91. The van der Waals surface area contributed by atoms with E-state index in [2.05, 4.69) is 139 Å². The molecule has 0 aromatic heterocycles. The molecule has 0 nitrogen and oxygen atoms in total. The molecular formula is C44H50Cl2Hf. The number of benzene rings is 4. The second-order valence-electron chi connectivity index (χ2n) is 14.7. The molecule has 3 heteroatoms. The van der Waals surface area contributed by atoms with E-state index in [1.807, 2.05) is 0 Å². The monoisotopic (exact) mass is 828 g/mol. The van der Waals surface area contributed by atoms with E-state index >= 15 is 0 Å². The summed E-state index contributed by atoms with van der Waals surface area (Å²) in [6.45, 7) is 13.9. The van der Waals surface area contributed by atoms with Gasteiger partial charge in [-0.05, 0) is 0 Å². The zero-order chi connectivity index (χ0) is 31.3. The molecule has 1 heterocycles. The fourth-order valence-corrected chi connectivity index (χ4v) is 36.9. The van der Waals surface area contributed by atoms with Crippen LogP contribution in [0.25, 0.3) is 34.4 Å². The Morgan fingerprint density at radius 2 is 0.936 bits per heavy atom. The van der Waals surface area contributed by atoms with Gasteiger partial charge in [-0.1, -0.05) is 0 Å². The summed E-state index contributed by atoms with van der Waals surface area (Å²) in [4.78, 5) is 0. The van der Waals surface area contributed by atoms with Crippen LogP contribution < -0.4 is 24.8 Å². The van der Waals surface area contributed by atoms with Gasteiger partial charge in [-0.15, -0.1) is 0 Å². The maximum Gasteiger partial charge on any atom is -1.00 e. The Balaban J connectivity index is 0.00000217. The minimum atomic E-state index is -2.91. The van der Waals surface area contributed by atoms with E-state index in [0.29, 0.717) is 19.2 Å². The van der Waals surface area contributed by atoms with Gasteiger partial charge in [0.15, 0.2) is 0 Å². The van der Waals surface area contributed by atoms with E-state index in [-0.39, 0.29) is 24.8 Å². The van der Waals surface area contributed by atoms with Gasteiger partial charge in [0, 0.05) is 0 Å². The molecule has 1 aliphatic heterocycles. The molecule has 0 N–H and O–H groups in total. The van der Waals surface area contributed by atoms with Crippen LogP contribution >= 0.6 is 0 Å². The number of hydrogen-bond acceptors (Lipinski definition) is 0. The van der Waals surface area contributed by atoms with Crippen molar-refractivity contribution in [2.24, 2.45) is 0 Å². The third kappa shape index (κ3) is 6.47. The minimum absolute atomic E-state index is 0. The van der Waals surface area contributed by atoms with Gasteiger partial charge in [0.05, 0.1) is 0 Å². The van der Waals surface area contributed by atoms with Gasteiger partial charge >= 0.3 is 279 Å². The molecule has 2 aliphatic carbocycles. The van der Waals surface area contributed by atoms with Crippen LogP contribution in [0.15, 0.2) is 96.1 Å². The van der Waals surface area contributed by atoms with E-state index in [9.17, 15) is 0 Å². The van der Waals surface area contributed by atoms with Gasteiger partial charge in [0.25, 0.3) is 0 Å². The van der Waals surface area contributed by atoms with Crippen molar-refractivity contribution in [1.29, 1.82) is 0 Å². The molecule has 0 radical (unpaired) electrons. The predicted octanol–water partition coefficient (Wildman–Crippen LogP) is 7.46. The Morgan fingerprint density at radius 3 is 1.26 bits per heavy atom. The zero-order valence-corrected chi connectivity index (χ0v) is 34.2. The van der Waals surface area contributed by atoms with Crippen molar-refractivity contribution >= 4 is 12.2 Å². The van der Waals surface area contributed by atoms with E-state index in [0.717, 1.165) is 0 Å². The van der Waals surface area contributed by atoms with Gasteiger partial charge in [0.2, 0.25) is 0 Å². The van der Waals surface area contributed by atoms with E-state index in [1.54, 1.807) is 22.3 Å². The summed E-state index contributed by atoms with van der Waals surface area (Å²) < 4.78 is 4.49. The smallest absolute Gasteiger partial charge is 1.00 e. The molecule has 0 bridgehead atoms. The molecule has 2 unspecified atom stereocenters. The van der Waals surface area contributed by atoms with Gasteiger partial charge in [-0.25, -0.2) is 0 Å². The van der Waals surface area contributed by atoms with Crippen LogP contribution in [0.4, 0.5) is 0 Å². The number of hydrogen-bond donors (Lipinski definition) is 0. The molecule has 1 saturated heterocycles. The summed E-state index contributed by atoms with van der Waals surface area (Å²) in [6.07, 6.45) is 10.3. The fraction of sp³-hybridized carbons (Fsp3) is 0.364. The van der Waals surface area contributed by atoms with Crippen molar-refractivity contribution in [3.05, 3.63) is 129 Å². The third-order valence-corrected chi connectivity index (χ3v) is 30.2. The first kappa shape index (κ1) is 36.1. The molecule has 4 aromatic carbocycles. The van der Waals surface area contributed by atoms with Gasteiger partial charge in [-0.3, -0.25) is 0 Å². The van der Waals surface area contributed by atoms with E-state index < -0.39 is 20.0 Å². The Hall–Kier alpha value is -2.19. The SMILES string of the molecule is CCCC1=Cc2c(-c3ccc(C(C)C)cc3)cccc2[CH]1[Hf+2]1([CH]2C(CCC)=Cc3c(-c4ccc(C(C)C)cc4)cccc32)[CH2][CH2]1.[Cl-].[Cl-]. The van der Waals surface area contributed by atoms with Crippen LogP contribution in [0.1, 0.15) is 120 Å². The average molecular weight is 828 g/mol. The van der Waals surface area contributed by atoms with Crippen LogP contribution in [0, 0.1) is 0 Å². The minimum Gasteiger partial charge on any atom is -1.00 e. The number of rotatable bonds is 10. The van der Waals surface area contributed by atoms with Gasteiger partial charge in [0.1, 0.15) is 0 Å². The molecule has 1 fully saturated rings. The Bertz CT molecular complexity index is 1640. The zero-order valence-electron chi connectivity index (χ0n) is 29.0. The molecule has 0 spiro atoms. The van der Waals surface area contributed by atoms with E-state index in [1.165, 1.54) is 78.5 Å². The van der Waals surface area contributed by atoms with E-state index in [4.69, 9.17) is 0 Å². The first-order chi connectivity index (χ1) is 21.9. The fourth-order valence-electron chi connectivity index (χ4n) is 8.78. The summed E-state index contributed by atoms with van der Waals surface area (Å²) in [7, 11) is 0. The first-order valence-corrected chi connectivity index (χ1v) is 27.0. The number of fused-ring (bicyclic) bond motifs is 2. The normalized spacial score (nSPS) is 18.0. The predicted molar refractivity (Wildman–Crippen MR) is 193 cm³/mol.